The molecule has 0 radical (unpaired) electrons. The van der Waals surface area contributed by atoms with Gasteiger partial charge in [0.25, 0.3) is 0 Å². The summed E-state index contributed by atoms with van der Waals surface area (Å²) in [7, 11) is 3.30. The monoisotopic (exact) mass is 334 g/mol. The summed E-state index contributed by atoms with van der Waals surface area (Å²) in [6.07, 6.45) is 2.06. The van der Waals surface area contributed by atoms with Gasteiger partial charge in [-0.05, 0) is 25.0 Å². The Morgan fingerprint density at radius 1 is 1.22 bits per heavy atom. The van der Waals surface area contributed by atoms with Crippen molar-refractivity contribution in [3.8, 4) is 11.5 Å². The number of anilines is 2. The fraction of sp³-hybridized carbons (Fsp3) is 0.375. The summed E-state index contributed by atoms with van der Waals surface area (Å²) >= 11 is 6.02. The van der Waals surface area contributed by atoms with Crippen LogP contribution in [-0.2, 0) is 0 Å². The first-order chi connectivity index (χ1) is 11.1. The van der Waals surface area contributed by atoms with Crippen molar-refractivity contribution in [3.05, 3.63) is 35.0 Å². The van der Waals surface area contributed by atoms with Crippen LogP contribution in [0.15, 0.2) is 24.3 Å². The number of halogens is 1. The predicted octanol–water partition coefficient (Wildman–Crippen LogP) is 3.07. The SMILES string of the molecule is COc1ccc([C@@H]2CCCN2c2cc(Cl)nc(N)n2)c(OC)c1. The molecule has 7 heteroatoms. The number of aromatic nitrogens is 2. The molecule has 1 aromatic heterocycles. The molecular formula is C16H19ClN4O2. The van der Waals surface area contributed by atoms with Gasteiger partial charge < -0.3 is 20.1 Å². The maximum absolute atomic E-state index is 6.02. The Hall–Kier alpha value is -2.21. The fourth-order valence-corrected chi connectivity index (χ4v) is 3.21. The maximum Gasteiger partial charge on any atom is 0.223 e. The molecule has 3 rings (SSSR count). The van der Waals surface area contributed by atoms with Crippen LogP contribution in [0, 0.1) is 0 Å². The van der Waals surface area contributed by atoms with Crippen LogP contribution in [0.4, 0.5) is 11.8 Å². The summed E-state index contributed by atoms with van der Waals surface area (Å²) in [5.41, 5.74) is 6.83. The lowest BCUT2D eigenvalue weighted by Gasteiger charge is -2.27. The fourth-order valence-electron chi connectivity index (χ4n) is 3.03. The number of benzene rings is 1. The number of nitrogen functional groups attached to an aromatic ring is 1. The zero-order chi connectivity index (χ0) is 16.4. The highest BCUT2D eigenvalue weighted by molar-refractivity contribution is 6.29. The van der Waals surface area contributed by atoms with Crippen molar-refractivity contribution in [1.29, 1.82) is 0 Å². The Balaban J connectivity index is 1.98. The zero-order valence-corrected chi connectivity index (χ0v) is 13.9. The Kier molecular flexibility index (Phi) is 4.43. The van der Waals surface area contributed by atoms with E-state index in [9.17, 15) is 0 Å². The molecule has 0 saturated carbocycles. The Bertz CT molecular complexity index is 690. The molecule has 2 heterocycles. The highest BCUT2D eigenvalue weighted by Crippen LogP contribution is 2.40. The smallest absolute Gasteiger partial charge is 0.223 e. The number of ether oxygens (including phenoxy) is 2. The van der Waals surface area contributed by atoms with Crippen LogP contribution < -0.4 is 20.1 Å². The molecule has 1 atom stereocenters. The molecule has 1 saturated heterocycles. The van der Waals surface area contributed by atoms with Gasteiger partial charge in [-0.25, -0.2) is 4.98 Å². The lowest BCUT2D eigenvalue weighted by atomic mass is 10.0. The molecule has 0 amide bonds. The molecular weight excluding hydrogens is 316 g/mol. The second kappa shape index (κ2) is 6.50. The highest BCUT2D eigenvalue weighted by Gasteiger charge is 2.30. The van der Waals surface area contributed by atoms with Gasteiger partial charge in [0.15, 0.2) is 0 Å². The zero-order valence-electron chi connectivity index (χ0n) is 13.1. The summed E-state index contributed by atoms with van der Waals surface area (Å²) in [4.78, 5) is 10.4. The molecule has 2 N–H and O–H groups in total. The lowest BCUT2D eigenvalue weighted by molar-refractivity contribution is 0.388. The van der Waals surface area contributed by atoms with Gasteiger partial charge in [0.1, 0.15) is 22.5 Å². The van der Waals surface area contributed by atoms with Gasteiger partial charge in [0.05, 0.1) is 20.3 Å². The van der Waals surface area contributed by atoms with Gasteiger partial charge in [-0.15, -0.1) is 0 Å². The third kappa shape index (κ3) is 3.12. The molecule has 1 aliphatic rings. The van der Waals surface area contributed by atoms with Crippen molar-refractivity contribution < 1.29 is 9.47 Å². The van der Waals surface area contributed by atoms with Crippen molar-refractivity contribution in [2.24, 2.45) is 0 Å². The van der Waals surface area contributed by atoms with Crippen LogP contribution in [0.2, 0.25) is 5.15 Å². The first kappa shape index (κ1) is 15.7. The molecule has 0 aliphatic carbocycles. The third-order valence-electron chi connectivity index (χ3n) is 4.05. The van der Waals surface area contributed by atoms with Crippen LogP contribution in [0.25, 0.3) is 0 Å². The van der Waals surface area contributed by atoms with Gasteiger partial charge in [-0.1, -0.05) is 11.6 Å². The molecule has 0 unspecified atom stereocenters. The number of nitrogens with zero attached hydrogens (tertiary/aromatic N) is 3. The van der Waals surface area contributed by atoms with E-state index in [0.29, 0.717) is 5.15 Å². The topological polar surface area (TPSA) is 73.5 Å². The average molecular weight is 335 g/mol. The van der Waals surface area contributed by atoms with E-state index in [4.69, 9.17) is 26.8 Å². The molecule has 0 bridgehead atoms. The summed E-state index contributed by atoms with van der Waals surface area (Å²) in [6.45, 7) is 0.882. The summed E-state index contributed by atoms with van der Waals surface area (Å²) in [6, 6.07) is 7.77. The van der Waals surface area contributed by atoms with Crippen molar-refractivity contribution >= 4 is 23.4 Å². The molecule has 122 valence electrons. The van der Waals surface area contributed by atoms with E-state index in [1.807, 2.05) is 18.2 Å². The lowest BCUT2D eigenvalue weighted by Crippen LogP contribution is -2.24. The quantitative estimate of drug-likeness (QED) is 0.866. The molecule has 23 heavy (non-hydrogen) atoms. The van der Waals surface area contributed by atoms with Crippen molar-refractivity contribution in [2.75, 3.05) is 31.4 Å². The second-order valence-corrected chi connectivity index (χ2v) is 5.75. The Morgan fingerprint density at radius 3 is 2.74 bits per heavy atom. The third-order valence-corrected chi connectivity index (χ3v) is 4.24. The molecule has 6 nitrogen and oxygen atoms in total. The molecule has 1 aromatic carbocycles. The van der Waals surface area contributed by atoms with Crippen LogP contribution in [-0.4, -0.2) is 30.7 Å². The van der Waals surface area contributed by atoms with Crippen molar-refractivity contribution in [1.82, 2.24) is 9.97 Å². The first-order valence-electron chi connectivity index (χ1n) is 7.41. The summed E-state index contributed by atoms with van der Waals surface area (Å²) in [5.74, 6) is 2.49. The normalized spacial score (nSPS) is 17.3. The van der Waals surface area contributed by atoms with Gasteiger partial charge in [-0.3, -0.25) is 0 Å². The van der Waals surface area contributed by atoms with E-state index < -0.39 is 0 Å². The number of rotatable bonds is 4. The minimum atomic E-state index is 0.154. The molecule has 1 aliphatic heterocycles. The van der Waals surface area contributed by atoms with Gasteiger partial charge in [-0.2, -0.15) is 4.98 Å². The standard InChI is InChI=1S/C16H19ClN4O2/c1-22-10-5-6-11(13(8-10)23-2)12-4-3-7-21(12)15-9-14(17)19-16(18)20-15/h5-6,8-9,12H,3-4,7H2,1-2H3,(H2,18,19,20)/t12-/m0/s1. The van der Waals surface area contributed by atoms with Crippen LogP contribution in [0.1, 0.15) is 24.4 Å². The molecule has 2 aromatic rings. The van der Waals surface area contributed by atoms with Crippen LogP contribution >= 0.6 is 11.6 Å². The van der Waals surface area contributed by atoms with Crippen LogP contribution in [0.3, 0.4) is 0 Å². The van der Waals surface area contributed by atoms with Gasteiger partial charge >= 0.3 is 0 Å². The van der Waals surface area contributed by atoms with Crippen molar-refractivity contribution in [3.63, 3.8) is 0 Å². The van der Waals surface area contributed by atoms with E-state index in [2.05, 4.69) is 14.9 Å². The Morgan fingerprint density at radius 2 is 2.04 bits per heavy atom. The van der Waals surface area contributed by atoms with Gasteiger partial charge in [0, 0.05) is 24.2 Å². The van der Waals surface area contributed by atoms with Crippen LogP contribution in [0.5, 0.6) is 11.5 Å². The minimum Gasteiger partial charge on any atom is -0.497 e. The number of methoxy groups -OCH3 is 2. The van der Waals surface area contributed by atoms with E-state index in [1.165, 1.54) is 0 Å². The van der Waals surface area contributed by atoms with E-state index >= 15 is 0 Å². The Labute approximate surface area is 140 Å². The largest absolute Gasteiger partial charge is 0.497 e. The van der Waals surface area contributed by atoms with Crippen molar-refractivity contribution in [2.45, 2.75) is 18.9 Å². The molecule has 0 spiro atoms. The maximum atomic E-state index is 6.02. The second-order valence-electron chi connectivity index (χ2n) is 5.37. The number of hydrogen-bond donors (Lipinski definition) is 1. The predicted molar refractivity (Wildman–Crippen MR) is 90.3 cm³/mol. The first-order valence-corrected chi connectivity index (χ1v) is 7.79. The minimum absolute atomic E-state index is 0.154. The number of nitrogens with two attached hydrogens (primary N) is 1. The van der Waals surface area contributed by atoms with E-state index in [1.54, 1.807) is 20.3 Å². The molecule has 1 fully saturated rings. The average Bonchev–Trinajstić information content (AvgIpc) is 3.02. The highest BCUT2D eigenvalue weighted by atomic mass is 35.5. The van der Waals surface area contributed by atoms with E-state index in [0.717, 1.165) is 42.3 Å². The van der Waals surface area contributed by atoms with Gasteiger partial charge in [0.2, 0.25) is 5.95 Å². The summed E-state index contributed by atoms with van der Waals surface area (Å²) in [5, 5.41) is 0.347. The number of hydrogen-bond acceptors (Lipinski definition) is 6. The van der Waals surface area contributed by atoms with E-state index in [-0.39, 0.29) is 12.0 Å². The summed E-state index contributed by atoms with van der Waals surface area (Å²) < 4.78 is 10.8.